The molecule has 0 aromatic heterocycles. The standard InChI is InChI=1S/C31H28N2O7/c1-4-6-22-13-21(16-27(37-3)28(22)38-17-20-9-12-25-26(15-20)40-18-39-25)14-24-29(34)32-31(36)33(30(24)35)23-10-7-19(5-2)8-11-23/h4,7-16H,1,5-6,17-18H2,2-3H3,(H,32,34,36)/b24-14-. The third-order valence-corrected chi connectivity index (χ3v) is 6.57. The van der Waals surface area contributed by atoms with E-state index in [-0.39, 0.29) is 19.0 Å². The normalized spacial score (nSPS) is 15.3. The number of nitrogens with zero attached hydrogens (tertiary/aromatic N) is 1. The summed E-state index contributed by atoms with van der Waals surface area (Å²) in [6.45, 7) is 6.28. The maximum atomic E-state index is 13.4. The molecule has 3 aromatic rings. The van der Waals surface area contributed by atoms with E-state index in [9.17, 15) is 14.4 Å². The van der Waals surface area contributed by atoms with Gasteiger partial charge in [-0.3, -0.25) is 14.9 Å². The number of carbonyl (C=O) groups is 3. The van der Waals surface area contributed by atoms with Gasteiger partial charge in [0.2, 0.25) is 6.79 Å². The smallest absolute Gasteiger partial charge is 0.335 e. The van der Waals surface area contributed by atoms with E-state index in [2.05, 4.69) is 11.9 Å². The Kier molecular flexibility index (Phi) is 7.54. The highest BCUT2D eigenvalue weighted by molar-refractivity contribution is 6.39. The van der Waals surface area contributed by atoms with Crippen molar-refractivity contribution in [3.05, 3.63) is 95.1 Å². The number of ether oxygens (including phenoxy) is 4. The first kappa shape index (κ1) is 26.6. The molecule has 2 aliphatic heterocycles. The average molecular weight is 541 g/mol. The van der Waals surface area contributed by atoms with Crippen LogP contribution in [0.1, 0.15) is 29.2 Å². The second-order valence-corrected chi connectivity index (χ2v) is 9.16. The van der Waals surface area contributed by atoms with Crippen molar-refractivity contribution >= 4 is 29.6 Å². The SMILES string of the molecule is C=CCc1cc(/C=C2/C(=O)NC(=O)N(c3ccc(CC)cc3)C2=O)cc(OC)c1OCc1ccc2c(c1)OCO2. The Morgan fingerprint density at radius 2 is 1.75 bits per heavy atom. The summed E-state index contributed by atoms with van der Waals surface area (Å²) in [6, 6.07) is 15.3. The summed E-state index contributed by atoms with van der Waals surface area (Å²) in [6.07, 6.45) is 4.42. The van der Waals surface area contributed by atoms with Crippen LogP contribution >= 0.6 is 0 Å². The molecular formula is C31H28N2O7. The van der Waals surface area contributed by atoms with Crippen LogP contribution in [0, 0.1) is 0 Å². The van der Waals surface area contributed by atoms with Crippen LogP contribution in [0.5, 0.6) is 23.0 Å². The van der Waals surface area contributed by atoms with Gasteiger partial charge in [-0.25, -0.2) is 9.69 Å². The molecule has 9 nitrogen and oxygen atoms in total. The number of carbonyl (C=O) groups excluding carboxylic acids is 3. The molecule has 1 saturated heterocycles. The lowest BCUT2D eigenvalue weighted by Crippen LogP contribution is -2.54. The second-order valence-electron chi connectivity index (χ2n) is 9.16. The van der Waals surface area contributed by atoms with Crippen LogP contribution in [-0.4, -0.2) is 31.7 Å². The molecule has 0 saturated carbocycles. The zero-order valence-electron chi connectivity index (χ0n) is 22.2. The number of fused-ring (bicyclic) bond motifs is 1. The van der Waals surface area contributed by atoms with Gasteiger partial charge in [0.05, 0.1) is 12.8 Å². The van der Waals surface area contributed by atoms with Crippen LogP contribution < -0.4 is 29.2 Å². The molecule has 9 heteroatoms. The van der Waals surface area contributed by atoms with E-state index in [4.69, 9.17) is 18.9 Å². The number of nitrogens with one attached hydrogen (secondary N) is 1. The lowest BCUT2D eigenvalue weighted by atomic mass is 10.0. The Labute approximate surface area is 231 Å². The third-order valence-electron chi connectivity index (χ3n) is 6.57. The molecule has 3 aromatic carbocycles. The fourth-order valence-corrected chi connectivity index (χ4v) is 4.52. The Bertz CT molecular complexity index is 1530. The average Bonchev–Trinajstić information content (AvgIpc) is 3.43. The van der Waals surface area contributed by atoms with Crippen molar-refractivity contribution in [3.63, 3.8) is 0 Å². The molecule has 2 aliphatic rings. The largest absolute Gasteiger partial charge is 0.493 e. The van der Waals surface area contributed by atoms with E-state index >= 15 is 0 Å². The molecule has 0 unspecified atom stereocenters. The molecule has 4 amide bonds. The lowest BCUT2D eigenvalue weighted by Gasteiger charge is -2.26. The number of methoxy groups -OCH3 is 1. The zero-order valence-corrected chi connectivity index (χ0v) is 22.2. The van der Waals surface area contributed by atoms with E-state index in [1.165, 1.54) is 13.2 Å². The van der Waals surface area contributed by atoms with Crippen LogP contribution in [0.2, 0.25) is 0 Å². The molecule has 1 N–H and O–H groups in total. The number of barbiturate groups is 1. The van der Waals surface area contributed by atoms with Crippen molar-refractivity contribution in [1.29, 1.82) is 0 Å². The van der Waals surface area contributed by atoms with Crippen molar-refractivity contribution in [1.82, 2.24) is 5.32 Å². The van der Waals surface area contributed by atoms with Crippen molar-refractivity contribution < 1.29 is 33.3 Å². The van der Waals surface area contributed by atoms with Gasteiger partial charge in [-0.2, -0.15) is 0 Å². The van der Waals surface area contributed by atoms with Crippen LogP contribution in [-0.2, 0) is 29.0 Å². The summed E-state index contributed by atoms with van der Waals surface area (Å²) in [5.74, 6) is 0.776. The number of allylic oxidation sites excluding steroid dienone is 1. The van der Waals surface area contributed by atoms with Gasteiger partial charge in [0.15, 0.2) is 23.0 Å². The summed E-state index contributed by atoms with van der Waals surface area (Å²) in [5.41, 5.74) is 3.40. The second kappa shape index (κ2) is 11.4. The zero-order chi connectivity index (χ0) is 28.2. The molecule has 0 atom stereocenters. The first-order chi connectivity index (χ1) is 19.4. The van der Waals surface area contributed by atoms with Crippen molar-refractivity contribution in [2.45, 2.75) is 26.4 Å². The fourth-order valence-electron chi connectivity index (χ4n) is 4.52. The number of imide groups is 2. The van der Waals surface area contributed by atoms with Crippen molar-refractivity contribution in [2.24, 2.45) is 0 Å². The number of benzene rings is 3. The van der Waals surface area contributed by atoms with Crippen molar-refractivity contribution in [3.8, 4) is 23.0 Å². The molecule has 0 spiro atoms. The van der Waals surface area contributed by atoms with Crippen molar-refractivity contribution in [2.75, 3.05) is 18.8 Å². The van der Waals surface area contributed by atoms with Gasteiger partial charge >= 0.3 is 6.03 Å². The third kappa shape index (κ3) is 5.26. The van der Waals surface area contributed by atoms with Crippen LogP contribution in [0.4, 0.5) is 10.5 Å². The predicted molar refractivity (Wildman–Crippen MR) is 149 cm³/mol. The Morgan fingerprint density at radius 1 is 1.00 bits per heavy atom. The van der Waals surface area contributed by atoms with E-state index in [1.807, 2.05) is 37.3 Å². The Morgan fingerprint density at radius 3 is 2.48 bits per heavy atom. The summed E-state index contributed by atoms with van der Waals surface area (Å²) in [5, 5.41) is 2.26. The van der Waals surface area contributed by atoms with Gasteiger partial charge in [-0.05, 0) is 72.0 Å². The first-order valence-electron chi connectivity index (χ1n) is 12.7. The highest BCUT2D eigenvalue weighted by Gasteiger charge is 2.37. The number of hydrogen-bond donors (Lipinski definition) is 1. The van der Waals surface area contributed by atoms with E-state index < -0.39 is 17.8 Å². The number of amides is 4. The van der Waals surface area contributed by atoms with Gasteiger partial charge in [0, 0.05) is 5.56 Å². The van der Waals surface area contributed by atoms with Gasteiger partial charge < -0.3 is 18.9 Å². The quantitative estimate of drug-likeness (QED) is 0.232. The number of urea groups is 1. The predicted octanol–water partition coefficient (Wildman–Crippen LogP) is 4.96. The van der Waals surface area contributed by atoms with E-state index in [1.54, 1.807) is 30.3 Å². The molecule has 1 fully saturated rings. The van der Waals surface area contributed by atoms with E-state index in [0.29, 0.717) is 40.7 Å². The molecule has 204 valence electrons. The molecule has 40 heavy (non-hydrogen) atoms. The van der Waals surface area contributed by atoms with E-state index in [0.717, 1.165) is 28.0 Å². The van der Waals surface area contributed by atoms with Crippen LogP contribution in [0.3, 0.4) is 0 Å². The molecule has 5 rings (SSSR count). The van der Waals surface area contributed by atoms with Gasteiger partial charge in [-0.15, -0.1) is 6.58 Å². The van der Waals surface area contributed by atoms with Crippen LogP contribution in [0.15, 0.2) is 72.8 Å². The van der Waals surface area contributed by atoms with Gasteiger partial charge in [-0.1, -0.05) is 31.2 Å². The maximum Gasteiger partial charge on any atom is 0.335 e. The number of aryl methyl sites for hydroxylation is 1. The minimum atomic E-state index is -0.798. The minimum Gasteiger partial charge on any atom is -0.493 e. The van der Waals surface area contributed by atoms with Gasteiger partial charge in [0.25, 0.3) is 11.8 Å². The number of anilines is 1. The summed E-state index contributed by atoms with van der Waals surface area (Å²) < 4.78 is 22.6. The Hall–Kier alpha value is -5.05. The Balaban J connectivity index is 1.45. The fraction of sp³-hybridized carbons (Fsp3) is 0.194. The summed E-state index contributed by atoms with van der Waals surface area (Å²) in [7, 11) is 1.51. The van der Waals surface area contributed by atoms with Gasteiger partial charge in [0.1, 0.15) is 12.2 Å². The number of hydrogen-bond acceptors (Lipinski definition) is 7. The number of rotatable bonds is 9. The first-order valence-corrected chi connectivity index (χ1v) is 12.7. The molecule has 0 radical (unpaired) electrons. The monoisotopic (exact) mass is 540 g/mol. The summed E-state index contributed by atoms with van der Waals surface area (Å²) >= 11 is 0. The topological polar surface area (TPSA) is 103 Å². The molecule has 0 bridgehead atoms. The summed E-state index contributed by atoms with van der Waals surface area (Å²) in [4.78, 5) is 39.6. The minimum absolute atomic E-state index is 0.181. The lowest BCUT2D eigenvalue weighted by molar-refractivity contribution is -0.122. The highest BCUT2D eigenvalue weighted by Crippen LogP contribution is 2.37. The van der Waals surface area contributed by atoms with Crippen LogP contribution in [0.25, 0.3) is 6.08 Å². The molecule has 0 aliphatic carbocycles. The maximum absolute atomic E-state index is 13.4. The molecular weight excluding hydrogens is 512 g/mol. The highest BCUT2D eigenvalue weighted by atomic mass is 16.7. The molecule has 2 heterocycles.